The molecule has 0 amide bonds. The van der Waals surface area contributed by atoms with Gasteiger partial charge in [0.15, 0.2) is 5.78 Å². The lowest BCUT2D eigenvalue weighted by Crippen LogP contribution is -2.60. The van der Waals surface area contributed by atoms with Crippen molar-refractivity contribution in [2.75, 3.05) is 0 Å². The first kappa shape index (κ1) is 19.3. The third-order valence-corrected chi connectivity index (χ3v) is 5.25. The van der Waals surface area contributed by atoms with E-state index in [-0.39, 0.29) is 5.92 Å². The number of Topliss-reactive ketones (excluding diaryl/α,β-unsaturated/α-hetero) is 1. The highest BCUT2D eigenvalue weighted by molar-refractivity contribution is 5.81. The largest absolute Gasteiger partial charge is 0.432 e. The predicted octanol–water partition coefficient (Wildman–Crippen LogP) is 0.389. The van der Waals surface area contributed by atoms with Crippen LogP contribution in [0.5, 0.6) is 0 Å². The molecule has 1 aliphatic heterocycles. The summed E-state index contributed by atoms with van der Waals surface area (Å²) in [6.45, 7) is 5.54. The van der Waals surface area contributed by atoms with Gasteiger partial charge in [0.05, 0.1) is 5.92 Å². The summed E-state index contributed by atoms with van der Waals surface area (Å²) in [6, 6.07) is 0. The molecule has 7 nitrogen and oxygen atoms in total. The number of hydrogen-bond donors (Lipinski definition) is 3. The number of esters is 1. The second kappa shape index (κ2) is 7.91. The average molecular weight is 344 g/mol. The molecular formula is C17H28O7. The minimum atomic E-state index is -1.61. The van der Waals surface area contributed by atoms with Crippen LogP contribution in [0.1, 0.15) is 46.5 Å². The van der Waals surface area contributed by atoms with E-state index in [4.69, 9.17) is 9.47 Å². The monoisotopic (exact) mass is 344 g/mol. The number of rotatable bonds is 4. The third kappa shape index (κ3) is 4.14. The van der Waals surface area contributed by atoms with E-state index >= 15 is 0 Å². The maximum Gasteiger partial charge on any atom is 0.311 e. The minimum absolute atomic E-state index is 0.268. The molecule has 24 heavy (non-hydrogen) atoms. The fraction of sp³-hybridized carbons (Fsp3) is 0.882. The number of carbonyl (C=O) groups excluding carboxylic acids is 2. The molecule has 1 unspecified atom stereocenters. The number of ether oxygens (including phenoxy) is 2. The highest BCUT2D eigenvalue weighted by atomic mass is 16.7. The molecule has 5 atom stereocenters. The van der Waals surface area contributed by atoms with Crippen LogP contribution < -0.4 is 0 Å². The maximum absolute atomic E-state index is 12.3. The molecule has 0 aromatic carbocycles. The Kier molecular flexibility index (Phi) is 6.36. The highest BCUT2D eigenvalue weighted by Crippen LogP contribution is 2.34. The zero-order chi connectivity index (χ0) is 18.0. The van der Waals surface area contributed by atoms with Crippen LogP contribution in [0, 0.1) is 17.8 Å². The molecule has 0 aromatic heterocycles. The van der Waals surface area contributed by atoms with Gasteiger partial charge in [0.1, 0.15) is 24.4 Å². The third-order valence-electron chi connectivity index (χ3n) is 5.25. The lowest BCUT2D eigenvalue weighted by Gasteiger charge is -2.39. The van der Waals surface area contributed by atoms with Crippen LogP contribution in [0.15, 0.2) is 0 Å². The zero-order valence-electron chi connectivity index (χ0n) is 14.4. The molecule has 1 aliphatic carbocycles. The average Bonchev–Trinajstić information content (AvgIpc) is 2.55. The Labute approximate surface area is 141 Å². The standard InChI is InChI=1S/C17H28O7/c1-8(2)10-4-6-11(7-5-10)16(22)24-17-14(21)12(19)13(20)15(23-17)9(3)18/h8,10-15,17,19-21H,4-7H2,1-3H3/t10-,11-,12-,13-,14+,15+,17?/m0/s1. The highest BCUT2D eigenvalue weighted by Gasteiger charge is 2.47. The molecule has 1 saturated heterocycles. The van der Waals surface area contributed by atoms with Gasteiger partial charge < -0.3 is 24.8 Å². The first-order valence-electron chi connectivity index (χ1n) is 8.63. The van der Waals surface area contributed by atoms with Gasteiger partial charge in [-0.1, -0.05) is 13.8 Å². The van der Waals surface area contributed by atoms with Crippen molar-refractivity contribution >= 4 is 11.8 Å². The second-order valence-electron chi connectivity index (χ2n) is 7.30. The topological polar surface area (TPSA) is 113 Å². The normalized spacial score (nSPS) is 40.4. The maximum atomic E-state index is 12.3. The molecule has 7 heteroatoms. The van der Waals surface area contributed by atoms with Gasteiger partial charge in [-0.3, -0.25) is 9.59 Å². The van der Waals surface area contributed by atoms with Crippen LogP contribution in [0.4, 0.5) is 0 Å². The van der Waals surface area contributed by atoms with E-state index in [0.29, 0.717) is 24.7 Å². The van der Waals surface area contributed by atoms with Gasteiger partial charge in [-0.15, -0.1) is 0 Å². The number of carbonyl (C=O) groups is 2. The van der Waals surface area contributed by atoms with Crippen LogP contribution in [0.2, 0.25) is 0 Å². The van der Waals surface area contributed by atoms with Crippen molar-refractivity contribution in [3.8, 4) is 0 Å². The van der Waals surface area contributed by atoms with E-state index in [1.165, 1.54) is 6.92 Å². The molecule has 0 spiro atoms. The molecule has 1 saturated carbocycles. The first-order valence-corrected chi connectivity index (χ1v) is 8.63. The summed E-state index contributed by atoms with van der Waals surface area (Å²) in [7, 11) is 0. The lowest BCUT2D eigenvalue weighted by molar-refractivity contribution is -0.283. The summed E-state index contributed by atoms with van der Waals surface area (Å²) in [5.41, 5.74) is 0. The predicted molar refractivity (Wildman–Crippen MR) is 83.7 cm³/mol. The lowest BCUT2D eigenvalue weighted by atomic mass is 9.77. The second-order valence-corrected chi connectivity index (χ2v) is 7.30. The number of aliphatic hydroxyl groups is 3. The molecule has 2 aliphatic rings. The Morgan fingerprint density at radius 1 is 1.00 bits per heavy atom. The summed E-state index contributed by atoms with van der Waals surface area (Å²) in [4.78, 5) is 23.8. The molecule has 0 radical (unpaired) electrons. The van der Waals surface area contributed by atoms with Gasteiger partial charge in [0.2, 0.25) is 6.29 Å². The summed E-state index contributed by atoms with van der Waals surface area (Å²) in [5.74, 6) is -0.0854. The van der Waals surface area contributed by atoms with Crippen molar-refractivity contribution < 1.29 is 34.4 Å². The van der Waals surface area contributed by atoms with Gasteiger partial charge in [-0.2, -0.15) is 0 Å². The van der Waals surface area contributed by atoms with Gasteiger partial charge in [-0.05, 0) is 44.4 Å². The van der Waals surface area contributed by atoms with Crippen molar-refractivity contribution in [2.45, 2.75) is 77.2 Å². The van der Waals surface area contributed by atoms with Crippen molar-refractivity contribution in [2.24, 2.45) is 17.8 Å². The van der Waals surface area contributed by atoms with E-state index in [1.807, 2.05) is 0 Å². The molecule has 0 bridgehead atoms. The smallest absolute Gasteiger partial charge is 0.311 e. The minimum Gasteiger partial charge on any atom is -0.432 e. The van der Waals surface area contributed by atoms with Gasteiger partial charge >= 0.3 is 5.97 Å². The quantitative estimate of drug-likeness (QED) is 0.632. The Morgan fingerprint density at radius 3 is 2.08 bits per heavy atom. The summed E-state index contributed by atoms with van der Waals surface area (Å²) < 4.78 is 10.4. The van der Waals surface area contributed by atoms with Crippen LogP contribution in [0.3, 0.4) is 0 Å². The summed E-state index contributed by atoms with van der Waals surface area (Å²) >= 11 is 0. The molecule has 3 N–H and O–H groups in total. The van der Waals surface area contributed by atoms with E-state index in [0.717, 1.165) is 12.8 Å². The summed E-state index contributed by atoms with van der Waals surface area (Å²) in [5, 5.41) is 29.5. The van der Waals surface area contributed by atoms with E-state index in [9.17, 15) is 24.9 Å². The Balaban J connectivity index is 1.94. The van der Waals surface area contributed by atoms with Crippen molar-refractivity contribution in [1.29, 1.82) is 0 Å². The molecule has 2 rings (SSSR count). The van der Waals surface area contributed by atoms with Crippen molar-refractivity contribution in [1.82, 2.24) is 0 Å². The van der Waals surface area contributed by atoms with E-state index < -0.39 is 42.5 Å². The van der Waals surface area contributed by atoms with Crippen LogP contribution in [-0.4, -0.2) is 57.8 Å². The van der Waals surface area contributed by atoms with Gasteiger partial charge in [0.25, 0.3) is 0 Å². The van der Waals surface area contributed by atoms with Crippen molar-refractivity contribution in [3.63, 3.8) is 0 Å². The van der Waals surface area contributed by atoms with Gasteiger partial charge in [0, 0.05) is 0 Å². The fourth-order valence-corrected chi connectivity index (χ4v) is 3.51. The number of ketones is 1. The van der Waals surface area contributed by atoms with E-state index in [1.54, 1.807) is 0 Å². The Hall–Kier alpha value is -1.02. The number of hydrogen-bond acceptors (Lipinski definition) is 7. The molecule has 1 heterocycles. The van der Waals surface area contributed by atoms with Crippen LogP contribution in [0.25, 0.3) is 0 Å². The number of aliphatic hydroxyl groups excluding tert-OH is 3. The van der Waals surface area contributed by atoms with E-state index in [2.05, 4.69) is 13.8 Å². The Bertz CT molecular complexity index is 456. The zero-order valence-corrected chi connectivity index (χ0v) is 14.4. The molecule has 0 aromatic rings. The van der Waals surface area contributed by atoms with Crippen LogP contribution >= 0.6 is 0 Å². The molecule has 2 fully saturated rings. The molecular weight excluding hydrogens is 316 g/mol. The van der Waals surface area contributed by atoms with Crippen molar-refractivity contribution in [3.05, 3.63) is 0 Å². The SMILES string of the molecule is CC(=O)[C@H]1OC(OC(=O)[C@H]2CC[C@H](C(C)C)CC2)[C@H](O)[C@@H](O)[C@@H]1O. The fourth-order valence-electron chi connectivity index (χ4n) is 3.51. The Morgan fingerprint density at radius 2 is 1.58 bits per heavy atom. The molecule has 138 valence electrons. The first-order chi connectivity index (χ1) is 11.2. The van der Waals surface area contributed by atoms with Crippen LogP contribution in [-0.2, 0) is 19.1 Å². The van der Waals surface area contributed by atoms with Gasteiger partial charge in [-0.25, -0.2) is 0 Å². The summed E-state index contributed by atoms with van der Waals surface area (Å²) in [6.07, 6.45) is -4.20.